The van der Waals surface area contributed by atoms with Crippen molar-refractivity contribution in [1.82, 2.24) is 0 Å². The van der Waals surface area contributed by atoms with Crippen molar-refractivity contribution in [2.24, 2.45) is 0 Å². The van der Waals surface area contributed by atoms with Crippen LogP contribution in [0.4, 0.5) is 0 Å². The molecule has 0 aromatic heterocycles. The zero-order valence-corrected chi connectivity index (χ0v) is 14.4. The molecule has 2 aromatic carbocycles. The molecule has 116 valence electrons. The summed E-state index contributed by atoms with van der Waals surface area (Å²) in [5.74, 6) is 0.895. The number of ether oxygens (including phenoxy) is 1. The van der Waals surface area contributed by atoms with E-state index in [2.05, 4.69) is 15.9 Å². The predicted octanol–water partition coefficient (Wildman–Crippen LogP) is 5.05. The molecule has 1 aliphatic rings. The van der Waals surface area contributed by atoms with Crippen molar-refractivity contribution in [2.45, 2.75) is 10.7 Å². The second kappa shape index (κ2) is 6.55. The van der Waals surface area contributed by atoms with Gasteiger partial charge in [-0.3, -0.25) is 4.79 Å². The molecule has 0 aliphatic heterocycles. The Bertz CT molecular complexity index is 760. The number of allylic oxidation sites excluding steroid dienone is 4. The van der Waals surface area contributed by atoms with E-state index in [1.807, 2.05) is 72.8 Å². The molecule has 0 spiro atoms. The van der Waals surface area contributed by atoms with Crippen molar-refractivity contribution < 1.29 is 9.53 Å². The lowest BCUT2D eigenvalue weighted by atomic mass is 9.88. The number of ketones is 1. The summed E-state index contributed by atoms with van der Waals surface area (Å²) in [5, 5.41) is 0. The summed E-state index contributed by atoms with van der Waals surface area (Å²) >= 11 is 3.80. The lowest BCUT2D eigenvalue weighted by Crippen LogP contribution is -2.18. The minimum absolute atomic E-state index is 0.0612. The van der Waals surface area contributed by atoms with Crippen LogP contribution in [0, 0.1) is 0 Å². The van der Waals surface area contributed by atoms with Crippen LogP contribution in [-0.2, 0) is 4.32 Å². The van der Waals surface area contributed by atoms with E-state index in [0.29, 0.717) is 0 Å². The summed E-state index contributed by atoms with van der Waals surface area (Å²) < 4.78 is 4.92. The maximum absolute atomic E-state index is 12.5. The topological polar surface area (TPSA) is 26.3 Å². The highest BCUT2D eigenvalue weighted by molar-refractivity contribution is 9.09. The van der Waals surface area contributed by atoms with Crippen molar-refractivity contribution in [3.63, 3.8) is 0 Å². The molecule has 0 N–H and O–H groups in total. The first-order valence-corrected chi connectivity index (χ1v) is 8.24. The molecule has 2 aromatic rings. The molecular formula is C20H17BrO2. The van der Waals surface area contributed by atoms with Gasteiger partial charge in [-0.05, 0) is 24.1 Å². The summed E-state index contributed by atoms with van der Waals surface area (Å²) in [6.07, 6.45) is 6.67. The fraction of sp³-hybridized carbons (Fsp3) is 0.150. The largest absolute Gasteiger partial charge is 0.497 e. The van der Waals surface area contributed by atoms with Gasteiger partial charge in [0.2, 0.25) is 0 Å². The average molecular weight is 369 g/mol. The van der Waals surface area contributed by atoms with E-state index in [-0.39, 0.29) is 10.1 Å². The Kier molecular flexibility index (Phi) is 4.49. The molecule has 0 amide bonds. The van der Waals surface area contributed by atoms with Crippen molar-refractivity contribution in [3.8, 4) is 5.75 Å². The minimum Gasteiger partial charge on any atom is -0.497 e. The number of carbonyl (C=O) groups excluding carboxylic acids is 1. The highest BCUT2D eigenvalue weighted by Crippen LogP contribution is 2.40. The van der Waals surface area contributed by atoms with E-state index in [9.17, 15) is 4.79 Å². The first-order valence-electron chi connectivity index (χ1n) is 7.45. The van der Waals surface area contributed by atoms with Gasteiger partial charge in [0.1, 0.15) is 5.75 Å². The number of hydrogen-bond acceptors (Lipinski definition) is 2. The van der Waals surface area contributed by atoms with Crippen molar-refractivity contribution >= 4 is 21.7 Å². The second-order valence-electron chi connectivity index (χ2n) is 5.48. The number of Topliss-reactive ketones (excluding diaryl/α,β-unsaturated/α-hetero) is 1. The number of rotatable bonds is 4. The quantitative estimate of drug-likeness (QED) is 0.557. The van der Waals surface area contributed by atoms with Gasteiger partial charge in [0.15, 0.2) is 5.78 Å². The second-order valence-corrected chi connectivity index (χ2v) is 6.90. The number of methoxy groups -OCH3 is 1. The van der Waals surface area contributed by atoms with E-state index in [1.165, 1.54) is 0 Å². The molecule has 3 heteroatoms. The Hall–Kier alpha value is -2.13. The van der Waals surface area contributed by atoms with E-state index in [4.69, 9.17) is 4.74 Å². The fourth-order valence-corrected chi connectivity index (χ4v) is 3.18. The Labute approximate surface area is 144 Å². The summed E-state index contributed by atoms with van der Waals surface area (Å²) in [6.45, 7) is 0. The molecule has 1 atom stereocenters. The van der Waals surface area contributed by atoms with Crippen LogP contribution in [0.15, 0.2) is 78.4 Å². The van der Waals surface area contributed by atoms with Gasteiger partial charge in [0, 0.05) is 11.1 Å². The molecule has 1 aliphatic carbocycles. The molecule has 23 heavy (non-hydrogen) atoms. The molecule has 2 nitrogen and oxygen atoms in total. The van der Waals surface area contributed by atoms with Crippen LogP contribution in [0.2, 0.25) is 0 Å². The normalized spacial score (nSPS) is 20.0. The summed E-state index contributed by atoms with van der Waals surface area (Å²) in [5.41, 5.74) is 2.59. The third-order valence-corrected chi connectivity index (χ3v) is 5.06. The highest BCUT2D eigenvalue weighted by atomic mass is 79.9. The van der Waals surface area contributed by atoms with Crippen LogP contribution >= 0.6 is 15.9 Å². The Morgan fingerprint density at radius 2 is 1.78 bits per heavy atom. The van der Waals surface area contributed by atoms with Crippen molar-refractivity contribution in [3.05, 3.63) is 89.5 Å². The van der Waals surface area contributed by atoms with Crippen LogP contribution in [0.1, 0.15) is 22.3 Å². The number of carbonyl (C=O) groups is 1. The first kappa shape index (κ1) is 15.8. The van der Waals surface area contributed by atoms with Gasteiger partial charge < -0.3 is 4.74 Å². The first-order chi connectivity index (χ1) is 11.1. The average Bonchev–Trinajstić information content (AvgIpc) is 2.62. The van der Waals surface area contributed by atoms with Crippen LogP contribution in [0.25, 0.3) is 0 Å². The van der Waals surface area contributed by atoms with Gasteiger partial charge in [-0.1, -0.05) is 76.6 Å². The Balaban J connectivity index is 1.79. The molecule has 0 saturated heterocycles. The molecule has 1 unspecified atom stereocenters. The molecule has 0 radical (unpaired) electrons. The van der Waals surface area contributed by atoms with Crippen LogP contribution in [-0.4, -0.2) is 12.9 Å². The maximum atomic E-state index is 12.5. The van der Waals surface area contributed by atoms with Crippen molar-refractivity contribution in [1.29, 1.82) is 0 Å². The van der Waals surface area contributed by atoms with Gasteiger partial charge in [-0.25, -0.2) is 0 Å². The molecular weight excluding hydrogens is 352 g/mol. The zero-order valence-electron chi connectivity index (χ0n) is 12.8. The number of halogens is 1. The van der Waals surface area contributed by atoms with Gasteiger partial charge in [-0.15, -0.1) is 0 Å². The third-order valence-electron chi connectivity index (χ3n) is 4.01. The van der Waals surface area contributed by atoms with Crippen molar-refractivity contribution in [2.75, 3.05) is 7.11 Å². The Morgan fingerprint density at radius 1 is 1.09 bits per heavy atom. The summed E-state index contributed by atoms with van der Waals surface area (Å²) in [7, 11) is 1.66. The highest BCUT2D eigenvalue weighted by Gasteiger charge is 2.28. The number of alkyl halides is 1. The van der Waals surface area contributed by atoms with Gasteiger partial charge >= 0.3 is 0 Å². The number of hydrogen-bond donors (Lipinski definition) is 0. The third kappa shape index (κ3) is 3.30. The number of benzene rings is 2. The fourth-order valence-electron chi connectivity index (χ4n) is 2.62. The predicted molar refractivity (Wildman–Crippen MR) is 96.2 cm³/mol. The maximum Gasteiger partial charge on any atom is 0.192 e. The lowest BCUT2D eigenvalue weighted by Gasteiger charge is -2.26. The summed E-state index contributed by atoms with van der Waals surface area (Å²) in [6, 6.07) is 17.3. The summed E-state index contributed by atoms with van der Waals surface area (Å²) in [4.78, 5) is 12.5. The zero-order chi connectivity index (χ0) is 16.3. The molecule has 0 bridgehead atoms. The van der Waals surface area contributed by atoms with E-state index in [0.717, 1.165) is 28.9 Å². The molecule has 0 fully saturated rings. The van der Waals surface area contributed by atoms with Crippen LogP contribution in [0.3, 0.4) is 0 Å². The van der Waals surface area contributed by atoms with E-state index in [1.54, 1.807) is 7.11 Å². The van der Waals surface area contributed by atoms with E-state index < -0.39 is 0 Å². The van der Waals surface area contributed by atoms with Gasteiger partial charge in [0.25, 0.3) is 0 Å². The lowest BCUT2D eigenvalue weighted by molar-refractivity contribution is 0.103. The van der Waals surface area contributed by atoms with Crippen LogP contribution < -0.4 is 4.74 Å². The SMILES string of the molecule is COc1ccc(C2(Br)C=CC(C(=O)c3ccccc3)=CC2)cc1. The monoisotopic (exact) mass is 368 g/mol. The minimum atomic E-state index is -0.278. The van der Waals surface area contributed by atoms with Crippen LogP contribution in [0.5, 0.6) is 5.75 Å². The smallest absolute Gasteiger partial charge is 0.192 e. The van der Waals surface area contributed by atoms with E-state index >= 15 is 0 Å². The molecule has 3 rings (SSSR count). The van der Waals surface area contributed by atoms with Gasteiger partial charge in [-0.2, -0.15) is 0 Å². The van der Waals surface area contributed by atoms with Gasteiger partial charge in [0.05, 0.1) is 11.4 Å². The molecule has 0 heterocycles. The molecule has 0 saturated carbocycles. The Morgan fingerprint density at radius 3 is 2.35 bits per heavy atom. The standard InChI is InChI=1S/C20H17BrO2/c1-23-18-9-7-17(8-10-18)20(21)13-11-16(12-14-20)19(22)15-5-3-2-4-6-15/h2-13H,14H2,1H3.